The van der Waals surface area contributed by atoms with Crippen LogP contribution in [0.5, 0.6) is 0 Å². The van der Waals surface area contributed by atoms with E-state index in [0.717, 1.165) is 37.6 Å². The lowest BCUT2D eigenvalue weighted by molar-refractivity contribution is -0.117. The molecule has 1 aromatic heterocycles. The summed E-state index contributed by atoms with van der Waals surface area (Å²) in [6, 6.07) is 17.8. The van der Waals surface area contributed by atoms with Crippen LogP contribution in [0.25, 0.3) is 11.1 Å². The number of aryl methyl sites for hydroxylation is 1. The zero-order valence-electron chi connectivity index (χ0n) is 17.0. The number of nitrogens with zero attached hydrogens (tertiary/aromatic N) is 4. The lowest BCUT2D eigenvalue weighted by Gasteiger charge is -2.38. The molecular formula is C23H25N5OS. The number of aromatic nitrogens is 2. The maximum Gasteiger partial charge on any atom is 0.240 e. The van der Waals surface area contributed by atoms with Gasteiger partial charge in [0.2, 0.25) is 11.0 Å². The number of hydrogen-bond donors (Lipinski definition) is 1. The molecule has 1 saturated heterocycles. The number of amides is 1. The zero-order chi connectivity index (χ0) is 20.5. The van der Waals surface area contributed by atoms with Gasteiger partial charge in [-0.1, -0.05) is 66.8 Å². The minimum atomic E-state index is -0.0150. The van der Waals surface area contributed by atoms with E-state index in [1.807, 2.05) is 6.92 Å². The summed E-state index contributed by atoms with van der Waals surface area (Å²) in [5.41, 5.74) is 5.49. The maximum atomic E-state index is 12.4. The van der Waals surface area contributed by atoms with Crippen LogP contribution in [0.4, 0.5) is 5.13 Å². The van der Waals surface area contributed by atoms with Crippen LogP contribution in [0.3, 0.4) is 0 Å². The van der Waals surface area contributed by atoms with Gasteiger partial charge in [0.25, 0.3) is 0 Å². The van der Waals surface area contributed by atoms with Gasteiger partial charge in [-0.25, -0.2) is 0 Å². The summed E-state index contributed by atoms with van der Waals surface area (Å²) in [6.07, 6.45) is 0.836. The first-order chi connectivity index (χ1) is 14.7. The van der Waals surface area contributed by atoms with Crippen molar-refractivity contribution in [2.75, 3.05) is 38.0 Å². The molecule has 1 amide bonds. The third-order valence-corrected chi connectivity index (χ3v) is 6.94. The van der Waals surface area contributed by atoms with Crippen molar-refractivity contribution < 1.29 is 4.79 Å². The molecule has 0 spiro atoms. The number of carbonyl (C=O) groups is 1. The van der Waals surface area contributed by atoms with E-state index in [2.05, 4.69) is 73.8 Å². The predicted octanol–water partition coefficient (Wildman–Crippen LogP) is 3.43. The summed E-state index contributed by atoms with van der Waals surface area (Å²) in [5.74, 6) is -0.0150. The van der Waals surface area contributed by atoms with Crippen LogP contribution < -0.4 is 5.32 Å². The number of anilines is 1. The number of hydrogen-bond acceptors (Lipinski definition) is 6. The van der Waals surface area contributed by atoms with Crippen LogP contribution in [0.15, 0.2) is 48.5 Å². The van der Waals surface area contributed by atoms with Crippen molar-refractivity contribution in [3.05, 3.63) is 64.7 Å². The Hall–Kier alpha value is -2.61. The van der Waals surface area contributed by atoms with Gasteiger partial charge in [0.05, 0.1) is 12.6 Å². The summed E-state index contributed by atoms with van der Waals surface area (Å²) in [6.45, 7) is 6.08. The average Bonchev–Trinajstić information content (AvgIpc) is 3.36. The van der Waals surface area contributed by atoms with E-state index in [1.54, 1.807) is 0 Å². The van der Waals surface area contributed by atoms with E-state index in [9.17, 15) is 4.79 Å². The number of fused-ring (bicyclic) bond motifs is 3. The second kappa shape index (κ2) is 8.26. The largest absolute Gasteiger partial charge is 0.299 e. The molecule has 6 nitrogen and oxygen atoms in total. The first kappa shape index (κ1) is 19.4. The Balaban J connectivity index is 1.23. The molecule has 2 heterocycles. The Morgan fingerprint density at radius 3 is 2.23 bits per heavy atom. The quantitative estimate of drug-likeness (QED) is 0.687. The fourth-order valence-corrected chi connectivity index (χ4v) is 5.21. The van der Waals surface area contributed by atoms with Gasteiger partial charge in [0.15, 0.2) is 0 Å². The van der Waals surface area contributed by atoms with Gasteiger partial charge < -0.3 is 0 Å². The van der Waals surface area contributed by atoms with Crippen molar-refractivity contribution in [1.29, 1.82) is 0 Å². The van der Waals surface area contributed by atoms with Crippen LogP contribution in [0, 0.1) is 0 Å². The number of piperazine rings is 1. The number of nitrogens with one attached hydrogen (secondary N) is 1. The normalized spacial score (nSPS) is 17.0. The highest BCUT2D eigenvalue weighted by molar-refractivity contribution is 7.15. The molecule has 0 saturated carbocycles. The molecule has 30 heavy (non-hydrogen) atoms. The summed E-state index contributed by atoms with van der Waals surface area (Å²) < 4.78 is 0. The molecule has 5 rings (SSSR count). The number of carbonyl (C=O) groups excluding carboxylic acids is 1. The predicted molar refractivity (Wildman–Crippen MR) is 120 cm³/mol. The molecule has 1 N–H and O–H groups in total. The van der Waals surface area contributed by atoms with E-state index in [1.165, 1.54) is 33.6 Å². The summed E-state index contributed by atoms with van der Waals surface area (Å²) in [4.78, 5) is 17.2. The lowest BCUT2D eigenvalue weighted by atomic mass is 10.0. The van der Waals surface area contributed by atoms with E-state index in [0.29, 0.717) is 17.7 Å². The Morgan fingerprint density at radius 1 is 1.00 bits per heavy atom. The Bertz CT molecular complexity index is 1010. The van der Waals surface area contributed by atoms with Gasteiger partial charge in [-0.15, -0.1) is 10.2 Å². The molecule has 1 aliphatic carbocycles. The average molecular weight is 420 g/mol. The molecule has 154 valence electrons. The molecule has 0 atom stereocenters. The lowest BCUT2D eigenvalue weighted by Crippen LogP contribution is -2.49. The van der Waals surface area contributed by atoms with Gasteiger partial charge in [-0.05, 0) is 28.7 Å². The van der Waals surface area contributed by atoms with Crippen LogP contribution in [-0.2, 0) is 11.2 Å². The smallest absolute Gasteiger partial charge is 0.240 e. The minimum Gasteiger partial charge on any atom is -0.299 e. The highest BCUT2D eigenvalue weighted by Crippen LogP contribution is 2.46. The monoisotopic (exact) mass is 419 g/mol. The van der Waals surface area contributed by atoms with Crippen LogP contribution in [0.1, 0.15) is 29.1 Å². The van der Waals surface area contributed by atoms with Crippen LogP contribution in [0.2, 0.25) is 0 Å². The molecule has 0 bridgehead atoms. The molecule has 0 unspecified atom stereocenters. The molecule has 2 aromatic carbocycles. The van der Waals surface area contributed by atoms with Crippen LogP contribution >= 0.6 is 11.3 Å². The summed E-state index contributed by atoms with van der Waals surface area (Å²) in [7, 11) is 0. The molecule has 7 heteroatoms. The topological polar surface area (TPSA) is 61.4 Å². The SMILES string of the molecule is CCc1nnc(NC(=O)CN2CCN(C3c4ccccc4-c4ccccc43)CC2)s1. The highest BCUT2D eigenvalue weighted by atomic mass is 32.1. The minimum absolute atomic E-state index is 0.0150. The van der Waals surface area contributed by atoms with Crippen LogP contribution in [-0.4, -0.2) is 58.6 Å². The number of benzene rings is 2. The Labute approximate surface area is 180 Å². The fourth-order valence-electron chi connectivity index (χ4n) is 4.51. The fraction of sp³-hybridized carbons (Fsp3) is 0.348. The van der Waals surface area contributed by atoms with Gasteiger partial charge in [0, 0.05) is 26.2 Å². The number of rotatable bonds is 5. The highest BCUT2D eigenvalue weighted by Gasteiger charge is 2.34. The third-order valence-electron chi connectivity index (χ3n) is 5.96. The van der Waals surface area contributed by atoms with Gasteiger partial charge in [-0.2, -0.15) is 0 Å². The Kier molecular flexibility index (Phi) is 5.33. The van der Waals surface area contributed by atoms with E-state index in [-0.39, 0.29) is 5.91 Å². The van der Waals surface area contributed by atoms with Gasteiger partial charge >= 0.3 is 0 Å². The third kappa shape index (κ3) is 3.64. The first-order valence-electron chi connectivity index (χ1n) is 10.5. The molecular weight excluding hydrogens is 394 g/mol. The van der Waals surface area contributed by atoms with Crippen molar-refractivity contribution >= 4 is 22.4 Å². The van der Waals surface area contributed by atoms with Gasteiger partial charge in [0.1, 0.15) is 5.01 Å². The first-order valence-corrected chi connectivity index (χ1v) is 11.3. The molecule has 3 aromatic rings. The van der Waals surface area contributed by atoms with Crippen molar-refractivity contribution in [2.45, 2.75) is 19.4 Å². The summed E-state index contributed by atoms with van der Waals surface area (Å²) >= 11 is 1.45. The second-order valence-electron chi connectivity index (χ2n) is 7.79. The van der Waals surface area contributed by atoms with Crippen molar-refractivity contribution in [3.63, 3.8) is 0 Å². The molecule has 2 aliphatic rings. The molecule has 1 fully saturated rings. The maximum absolute atomic E-state index is 12.4. The van der Waals surface area contributed by atoms with Gasteiger partial charge in [-0.3, -0.25) is 19.9 Å². The van der Waals surface area contributed by atoms with Crippen molar-refractivity contribution in [1.82, 2.24) is 20.0 Å². The summed E-state index contributed by atoms with van der Waals surface area (Å²) in [5, 5.41) is 12.5. The zero-order valence-corrected chi connectivity index (χ0v) is 17.9. The Morgan fingerprint density at radius 2 is 1.63 bits per heavy atom. The van der Waals surface area contributed by atoms with Crippen molar-refractivity contribution in [2.24, 2.45) is 0 Å². The van der Waals surface area contributed by atoms with E-state index < -0.39 is 0 Å². The molecule has 0 radical (unpaired) electrons. The second-order valence-corrected chi connectivity index (χ2v) is 8.85. The standard InChI is InChI=1S/C23H25N5OS/c1-2-21-25-26-23(30-21)24-20(29)15-27-11-13-28(14-12-27)22-18-9-5-3-7-16(18)17-8-4-6-10-19(17)22/h3-10,22H,2,11-15H2,1H3,(H,24,26,29). The van der Waals surface area contributed by atoms with Crippen molar-refractivity contribution in [3.8, 4) is 11.1 Å². The van der Waals surface area contributed by atoms with E-state index >= 15 is 0 Å². The molecule has 1 aliphatic heterocycles. The van der Waals surface area contributed by atoms with E-state index in [4.69, 9.17) is 0 Å².